The predicted octanol–water partition coefficient (Wildman–Crippen LogP) is 3.98. The molecule has 0 aromatic heterocycles. The Morgan fingerprint density at radius 2 is 1.74 bits per heavy atom. The van der Waals surface area contributed by atoms with Gasteiger partial charge < -0.3 is 10.1 Å². The van der Waals surface area contributed by atoms with Crippen LogP contribution in [0.15, 0.2) is 77.7 Å². The molecule has 0 radical (unpaired) electrons. The molecule has 3 aromatic carbocycles. The average Bonchev–Trinajstić information content (AvgIpc) is 2.78. The summed E-state index contributed by atoms with van der Waals surface area (Å²) in [5.74, 6) is -0.186. The van der Waals surface area contributed by atoms with Crippen molar-refractivity contribution in [2.75, 3.05) is 18.0 Å². The molecule has 0 saturated carbocycles. The lowest BCUT2D eigenvalue weighted by Gasteiger charge is -2.20. The number of para-hydroxylation sites is 1. The molecule has 0 saturated heterocycles. The van der Waals surface area contributed by atoms with Crippen molar-refractivity contribution in [3.05, 3.63) is 89.7 Å². The van der Waals surface area contributed by atoms with E-state index in [1.807, 2.05) is 31.2 Å². The SMILES string of the molecule is CCOc1ccccc1CNC(=O)c1cccc(S(=O)(=O)N(C)c2ccc(F)cc2)c1. The third-order valence-electron chi connectivity index (χ3n) is 4.66. The molecule has 31 heavy (non-hydrogen) atoms. The molecule has 3 aromatic rings. The predicted molar refractivity (Wildman–Crippen MR) is 117 cm³/mol. The summed E-state index contributed by atoms with van der Waals surface area (Å²) in [4.78, 5) is 12.6. The van der Waals surface area contributed by atoms with Gasteiger partial charge in [-0.1, -0.05) is 24.3 Å². The number of hydrogen-bond acceptors (Lipinski definition) is 4. The largest absolute Gasteiger partial charge is 0.494 e. The molecule has 0 aliphatic rings. The molecule has 1 N–H and O–H groups in total. The number of nitrogens with one attached hydrogen (secondary N) is 1. The lowest BCUT2D eigenvalue weighted by molar-refractivity contribution is 0.0950. The van der Waals surface area contributed by atoms with Gasteiger partial charge in [-0.25, -0.2) is 12.8 Å². The summed E-state index contributed by atoms with van der Waals surface area (Å²) in [5, 5.41) is 2.79. The normalized spacial score (nSPS) is 11.1. The summed E-state index contributed by atoms with van der Waals surface area (Å²) in [6.45, 7) is 2.62. The summed E-state index contributed by atoms with van der Waals surface area (Å²) in [6, 6.07) is 18.3. The summed E-state index contributed by atoms with van der Waals surface area (Å²) >= 11 is 0. The molecule has 0 unspecified atom stereocenters. The van der Waals surface area contributed by atoms with Crippen LogP contribution in [-0.2, 0) is 16.6 Å². The van der Waals surface area contributed by atoms with E-state index in [2.05, 4.69) is 5.32 Å². The first-order valence-electron chi connectivity index (χ1n) is 9.66. The number of halogens is 1. The lowest BCUT2D eigenvalue weighted by atomic mass is 10.1. The molecule has 162 valence electrons. The number of nitrogens with zero attached hydrogens (tertiary/aromatic N) is 1. The third-order valence-corrected chi connectivity index (χ3v) is 6.44. The number of sulfonamides is 1. The van der Waals surface area contributed by atoms with Crippen LogP contribution in [0, 0.1) is 5.82 Å². The van der Waals surface area contributed by atoms with Gasteiger partial charge >= 0.3 is 0 Å². The molecule has 0 heterocycles. The number of amides is 1. The highest BCUT2D eigenvalue weighted by molar-refractivity contribution is 7.92. The number of carbonyl (C=O) groups excluding carboxylic acids is 1. The Bertz CT molecular complexity index is 1160. The van der Waals surface area contributed by atoms with Crippen LogP contribution >= 0.6 is 0 Å². The quantitative estimate of drug-likeness (QED) is 0.573. The summed E-state index contributed by atoms with van der Waals surface area (Å²) in [5.41, 5.74) is 1.34. The van der Waals surface area contributed by atoms with Crippen LogP contribution in [0.2, 0.25) is 0 Å². The van der Waals surface area contributed by atoms with Gasteiger partial charge in [0.1, 0.15) is 11.6 Å². The van der Waals surface area contributed by atoms with Crippen molar-refractivity contribution in [3.63, 3.8) is 0 Å². The van der Waals surface area contributed by atoms with Crippen molar-refractivity contribution in [3.8, 4) is 5.75 Å². The van der Waals surface area contributed by atoms with Gasteiger partial charge in [0.15, 0.2) is 0 Å². The number of hydrogen-bond donors (Lipinski definition) is 1. The highest BCUT2D eigenvalue weighted by Crippen LogP contribution is 2.23. The monoisotopic (exact) mass is 442 g/mol. The number of rotatable bonds is 8. The smallest absolute Gasteiger partial charge is 0.264 e. The molecule has 0 aliphatic heterocycles. The van der Waals surface area contributed by atoms with E-state index in [4.69, 9.17) is 4.74 Å². The zero-order chi connectivity index (χ0) is 22.4. The van der Waals surface area contributed by atoms with Crippen molar-refractivity contribution in [2.45, 2.75) is 18.4 Å². The fourth-order valence-electron chi connectivity index (χ4n) is 2.97. The zero-order valence-corrected chi connectivity index (χ0v) is 18.0. The van der Waals surface area contributed by atoms with E-state index in [-0.39, 0.29) is 17.0 Å². The third kappa shape index (κ3) is 5.21. The van der Waals surface area contributed by atoms with Crippen LogP contribution in [-0.4, -0.2) is 28.0 Å². The molecule has 1 amide bonds. The van der Waals surface area contributed by atoms with Gasteiger partial charge in [0, 0.05) is 24.7 Å². The van der Waals surface area contributed by atoms with Crippen molar-refractivity contribution < 1.29 is 22.3 Å². The van der Waals surface area contributed by atoms with Crippen molar-refractivity contribution in [1.29, 1.82) is 0 Å². The Morgan fingerprint density at radius 3 is 2.45 bits per heavy atom. The first-order chi connectivity index (χ1) is 14.8. The van der Waals surface area contributed by atoms with E-state index in [0.29, 0.717) is 18.0 Å². The fourth-order valence-corrected chi connectivity index (χ4v) is 4.21. The van der Waals surface area contributed by atoms with Crippen LogP contribution in [0.1, 0.15) is 22.8 Å². The highest BCUT2D eigenvalue weighted by atomic mass is 32.2. The molecule has 3 rings (SSSR count). The minimum absolute atomic E-state index is 0.0401. The van der Waals surface area contributed by atoms with Crippen molar-refractivity contribution in [2.24, 2.45) is 0 Å². The van der Waals surface area contributed by atoms with Crippen LogP contribution in [0.4, 0.5) is 10.1 Å². The molecule has 0 bridgehead atoms. The van der Waals surface area contributed by atoms with E-state index in [9.17, 15) is 17.6 Å². The van der Waals surface area contributed by atoms with E-state index < -0.39 is 21.7 Å². The minimum Gasteiger partial charge on any atom is -0.494 e. The summed E-state index contributed by atoms with van der Waals surface area (Å²) in [7, 11) is -2.56. The average molecular weight is 443 g/mol. The first-order valence-corrected chi connectivity index (χ1v) is 11.1. The summed E-state index contributed by atoms with van der Waals surface area (Å²) in [6.07, 6.45) is 0. The second-order valence-electron chi connectivity index (χ2n) is 6.70. The second-order valence-corrected chi connectivity index (χ2v) is 8.67. The number of benzene rings is 3. The van der Waals surface area contributed by atoms with E-state index in [1.54, 1.807) is 6.07 Å². The maximum Gasteiger partial charge on any atom is 0.264 e. The van der Waals surface area contributed by atoms with Gasteiger partial charge in [0.25, 0.3) is 15.9 Å². The second kappa shape index (κ2) is 9.61. The van der Waals surface area contributed by atoms with E-state index >= 15 is 0 Å². The highest BCUT2D eigenvalue weighted by Gasteiger charge is 2.22. The maximum absolute atomic E-state index is 13.2. The lowest BCUT2D eigenvalue weighted by Crippen LogP contribution is -2.27. The number of ether oxygens (including phenoxy) is 1. The van der Waals surface area contributed by atoms with E-state index in [0.717, 1.165) is 9.87 Å². The first kappa shape index (κ1) is 22.3. The maximum atomic E-state index is 13.2. The van der Waals surface area contributed by atoms with E-state index in [1.165, 1.54) is 49.5 Å². The Balaban J connectivity index is 1.77. The molecule has 0 fully saturated rings. The van der Waals surface area contributed by atoms with Crippen LogP contribution in [0.3, 0.4) is 0 Å². The van der Waals surface area contributed by atoms with Crippen LogP contribution in [0.25, 0.3) is 0 Å². The zero-order valence-electron chi connectivity index (χ0n) is 17.2. The summed E-state index contributed by atoms with van der Waals surface area (Å²) < 4.78 is 45.7. The standard InChI is InChI=1S/C23H23FN2O4S/c1-3-30-22-10-5-4-7-18(22)16-25-23(27)17-8-6-9-21(15-17)31(28,29)26(2)20-13-11-19(24)12-14-20/h4-15H,3,16H2,1-2H3,(H,25,27). The number of carbonyl (C=O) groups is 1. The Morgan fingerprint density at radius 1 is 1.03 bits per heavy atom. The molecule has 0 aliphatic carbocycles. The molecule has 6 nitrogen and oxygen atoms in total. The Kier molecular flexibility index (Phi) is 6.91. The van der Waals surface area contributed by atoms with Gasteiger partial charge in [-0.15, -0.1) is 0 Å². The van der Waals surface area contributed by atoms with Crippen molar-refractivity contribution in [1.82, 2.24) is 5.32 Å². The van der Waals surface area contributed by atoms with Crippen LogP contribution in [0.5, 0.6) is 5.75 Å². The van der Waals surface area contributed by atoms with Gasteiger partial charge in [-0.3, -0.25) is 9.10 Å². The Hall–Kier alpha value is -3.39. The molecular formula is C23H23FN2O4S. The van der Waals surface area contributed by atoms with Gasteiger partial charge in [-0.2, -0.15) is 0 Å². The topological polar surface area (TPSA) is 75.7 Å². The minimum atomic E-state index is -3.93. The molecule has 0 atom stereocenters. The molecule has 0 spiro atoms. The fraction of sp³-hybridized carbons (Fsp3) is 0.174. The van der Waals surface area contributed by atoms with Gasteiger partial charge in [0.05, 0.1) is 17.2 Å². The molecular weight excluding hydrogens is 419 g/mol. The number of anilines is 1. The van der Waals surface area contributed by atoms with Gasteiger partial charge in [-0.05, 0) is 55.5 Å². The Labute approximate surface area is 181 Å². The van der Waals surface area contributed by atoms with Gasteiger partial charge in [0.2, 0.25) is 0 Å². The molecule has 8 heteroatoms. The van der Waals surface area contributed by atoms with Crippen LogP contribution < -0.4 is 14.4 Å². The van der Waals surface area contributed by atoms with Crippen molar-refractivity contribution >= 4 is 21.6 Å².